The zero-order valence-corrected chi connectivity index (χ0v) is 6.97. The van der Waals surface area contributed by atoms with Crippen molar-refractivity contribution in [2.24, 2.45) is 4.99 Å². The number of alkyl halides is 1. The second-order valence-corrected chi connectivity index (χ2v) is 3.11. The van der Waals surface area contributed by atoms with E-state index in [0.29, 0.717) is 0 Å². The van der Waals surface area contributed by atoms with Gasteiger partial charge in [-0.2, -0.15) is 0 Å². The second-order valence-electron chi connectivity index (χ2n) is 2.67. The summed E-state index contributed by atoms with van der Waals surface area (Å²) < 4.78 is 0. The van der Waals surface area contributed by atoms with E-state index in [9.17, 15) is 0 Å². The highest BCUT2D eigenvalue weighted by Gasteiger charge is 2.20. The molecular weight excluding hydrogens is 158 g/mol. The van der Waals surface area contributed by atoms with Gasteiger partial charge in [0, 0.05) is 11.3 Å². The molecule has 11 heavy (non-hydrogen) atoms. The fourth-order valence-corrected chi connectivity index (χ4v) is 1.51. The molecule has 1 aromatic carbocycles. The maximum Gasteiger partial charge on any atom is 0.0985 e. The quantitative estimate of drug-likeness (QED) is 0.524. The highest BCUT2D eigenvalue weighted by molar-refractivity contribution is 6.33. The summed E-state index contributed by atoms with van der Waals surface area (Å²) in [6.07, 6.45) is 0. The van der Waals surface area contributed by atoms with E-state index in [0.717, 1.165) is 17.0 Å². The molecule has 1 nitrogen and oxygen atoms in total. The van der Waals surface area contributed by atoms with E-state index < -0.39 is 0 Å². The van der Waals surface area contributed by atoms with Gasteiger partial charge < -0.3 is 0 Å². The summed E-state index contributed by atoms with van der Waals surface area (Å²) in [5.41, 5.74) is 3.14. The van der Waals surface area contributed by atoms with Crippen LogP contribution in [-0.4, -0.2) is 5.71 Å². The van der Waals surface area contributed by atoms with Gasteiger partial charge in [-0.3, -0.25) is 4.99 Å². The Morgan fingerprint density at radius 2 is 2.09 bits per heavy atom. The standard InChI is InChI=1S/C9H8ClN/c1-6-9(10)7-4-2-3-5-8(7)11-6/h2-5,9H,1H3. The van der Waals surface area contributed by atoms with Crippen LogP contribution >= 0.6 is 11.6 Å². The predicted molar refractivity (Wildman–Crippen MR) is 47.8 cm³/mol. The fraction of sp³-hybridized carbons (Fsp3) is 0.222. The molecule has 0 amide bonds. The molecule has 0 aromatic heterocycles. The monoisotopic (exact) mass is 165 g/mol. The molecule has 0 fully saturated rings. The fourth-order valence-electron chi connectivity index (χ4n) is 1.28. The summed E-state index contributed by atoms with van der Waals surface area (Å²) in [7, 11) is 0. The largest absolute Gasteiger partial charge is 0.256 e. The van der Waals surface area contributed by atoms with Crippen molar-refractivity contribution in [2.45, 2.75) is 12.3 Å². The van der Waals surface area contributed by atoms with Gasteiger partial charge in [0.05, 0.1) is 11.1 Å². The van der Waals surface area contributed by atoms with Crippen molar-refractivity contribution < 1.29 is 0 Å². The first-order chi connectivity index (χ1) is 5.29. The number of hydrogen-bond donors (Lipinski definition) is 0. The first-order valence-electron chi connectivity index (χ1n) is 3.57. The van der Waals surface area contributed by atoms with Gasteiger partial charge in [-0.05, 0) is 13.0 Å². The van der Waals surface area contributed by atoms with Gasteiger partial charge in [0.1, 0.15) is 0 Å². The highest BCUT2D eigenvalue weighted by atomic mass is 35.5. The van der Waals surface area contributed by atoms with E-state index in [2.05, 4.69) is 4.99 Å². The van der Waals surface area contributed by atoms with Crippen molar-refractivity contribution in [2.75, 3.05) is 0 Å². The average molecular weight is 166 g/mol. The van der Waals surface area contributed by atoms with E-state index in [1.165, 1.54) is 0 Å². The predicted octanol–water partition coefficient (Wildman–Crippen LogP) is 3.07. The van der Waals surface area contributed by atoms with Crippen LogP contribution in [0.4, 0.5) is 5.69 Å². The zero-order valence-electron chi connectivity index (χ0n) is 6.21. The molecule has 0 N–H and O–H groups in total. The number of halogens is 1. The third-order valence-electron chi connectivity index (χ3n) is 1.87. The molecule has 1 aliphatic rings. The minimum atomic E-state index is -0.00815. The molecule has 0 aliphatic carbocycles. The molecule has 0 saturated carbocycles. The summed E-state index contributed by atoms with van der Waals surface area (Å²) in [5.74, 6) is 0. The molecule has 1 atom stereocenters. The molecule has 1 unspecified atom stereocenters. The first-order valence-corrected chi connectivity index (χ1v) is 4.01. The SMILES string of the molecule is CC1=Nc2ccccc2C1Cl. The minimum absolute atomic E-state index is 0.00815. The van der Waals surface area contributed by atoms with Gasteiger partial charge >= 0.3 is 0 Å². The first kappa shape index (κ1) is 6.86. The smallest absolute Gasteiger partial charge is 0.0985 e. The van der Waals surface area contributed by atoms with E-state index in [-0.39, 0.29) is 5.38 Å². The van der Waals surface area contributed by atoms with Crippen molar-refractivity contribution in [3.8, 4) is 0 Å². The van der Waals surface area contributed by atoms with Crippen molar-refractivity contribution in [3.05, 3.63) is 29.8 Å². The molecule has 1 aliphatic heterocycles. The maximum atomic E-state index is 6.06. The molecule has 2 heteroatoms. The van der Waals surface area contributed by atoms with Crippen LogP contribution in [0.15, 0.2) is 29.3 Å². The number of para-hydroxylation sites is 1. The van der Waals surface area contributed by atoms with Crippen LogP contribution in [-0.2, 0) is 0 Å². The number of aliphatic imine (C=N–C) groups is 1. The van der Waals surface area contributed by atoms with Gasteiger partial charge in [-0.15, -0.1) is 11.6 Å². The van der Waals surface area contributed by atoms with Gasteiger partial charge in [-0.25, -0.2) is 0 Å². The Morgan fingerprint density at radius 3 is 2.82 bits per heavy atom. The minimum Gasteiger partial charge on any atom is -0.256 e. The molecule has 0 spiro atoms. The molecule has 0 radical (unpaired) electrons. The molecular formula is C9H8ClN. The molecule has 0 bridgehead atoms. The van der Waals surface area contributed by atoms with Crippen molar-refractivity contribution >= 4 is 23.0 Å². The van der Waals surface area contributed by atoms with E-state index >= 15 is 0 Å². The summed E-state index contributed by atoms with van der Waals surface area (Å²) in [4.78, 5) is 4.32. The van der Waals surface area contributed by atoms with Crippen LogP contribution in [0.1, 0.15) is 17.9 Å². The molecule has 1 heterocycles. The Balaban J connectivity index is 2.58. The van der Waals surface area contributed by atoms with Crippen molar-refractivity contribution in [3.63, 3.8) is 0 Å². The maximum absolute atomic E-state index is 6.06. The van der Waals surface area contributed by atoms with Crippen LogP contribution in [0.2, 0.25) is 0 Å². The summed E-state index contributed by atoms with van der Waals surface area (Å²) in [6.45, 7) is 1.96. The lowest BCUT2D eigenvalue weighted by Gasteiger charge is -2.00. The number of hydrogen-bond acceptors (Lipinski definition) is 1. The Bertz CT molecular complexity index is 317. The molecule has 1 aromatic rings. The van der Waals surface area contributed by atoms with E-state index in [4.69, 9.17) is 11.6 Å². The van der Waals surface area contributed by atoms with E-state index in [1.54, 1.807) is 0 Å². The third kappa shape index (κ3) is 0.962. The molecule has 0 saturated heterocycles. The van der Waals surface area contributed by atoms with Gasteiger partial charge in [0.2, 0.25) is 0 Å². The Morgan fingerprint density at radius 1 is 1.36 bits per heavy atom. The van der Waals surface area contributed by atoms with E-state index in [1.807, 2.05) is 31.2 Å². The lowest BCUT2D eigenvalue weighted by atomic mass is 10.1. The Labute approximate surface area is 70.7 Å². The number of fused-ring (bicyclic) bond motifs is 1. The molecule has 56 valence electrons. The summed E-state index contributed by atoms with van der Waals surface area (Å²) in [5, 5.41) is -0.00815. The Hall–Kier alpha value is -0.820. The van der Waals surface area contributed by atoms with Crippen LogP contribution < -0.4 is 0 Å². The highest BCUT2D eigenvalue weighted by Crippen LogP contribution is 2.37. The summed E-state index contributed by atoms with van der Waals surface area (Å²) in [6, 6.07) is 7.97. The second kappa shape index (κ2) is 2.35. The van der Waals surface area contributed by atoms with Crippen molar-refractivity contribution in [1.29, 1.82) is 0 Å². The van der Waals surface area contributed by atoms with Crippen molar-refractivity contribution in [1.82, 2.24) is 0 Å². The van der Waals surface area contributed by atoms with Gasteiger partial charge in [0.25, 0.3) is 0 Å². The van der Waals surface area contributed by atoms with Crippen LogP contribution in [0.5, 0.6) is 0 Å². The average Bonchev–Trinajstić information content (AvgIpc) is 2.30. The van der Waals surface area contributed by atoms with Gasteiger partial charge in [-0.1, -0.05) is 18.2 Å². The van der Waals surface area contributed by atoms with Crippen LogP contribution in [0.3, 0.4) is 0 Å². The third-order valence-corrected chi connectivity index (χ3v) is 2.42. The number of rotatable bonds is 0. The topological polar surface area (TPSA) is 12.4 Å². The van der Waals surface area contributed by atoms with Crippen LogP contribution in [0, 0.1) is 0 Å². The molecule has 2 rings (SSSR count). The summed E-state index contributed by atoms with van der Waals surface area (Å²) >= 11 is 6.06. The van der Waals surface area contributed by atoms with Gasteiger partial charge in [0.15, 0.2) is 0 Å². The number of nitrogens with zero attached hydrogens (tertiary/aromatic N) is 1. The zero-order chi connectivity index (χ0) is 7.84. The lowest BCUT2D eigenvalue weighted by Crippen LogP contribution is -1.94. The Kier molecular flexibility index (Phi) is 1.46. The van der Waals surface area contributed by atoms with Crippen LogP contribution in [0.25, 0.3) is 0 Å². The number of benzene rings is 1. The lowest BCUT2D eigenvalue weighted by molar-refractivity contribution is 1.32. The normalized spacial score (nSPS) is 21.3.